The van der Waals surface area contributed by atoms with Crippen LogP contribution >= 0.6 is 0 Å². The lowest BCUT2D eigenvalue weighted by Gasteiger charge is -2.16. The Hall–Kier alpha value is -5.39. The van der Waals surface area contributed by atoms with Gasteiger partial charge in [0.05, 0.1) is 32.5 Å². The molecule has 1 N–H and O–H groups in total. The molecule has 3 aromatic heterocycles. The summed E-state index contributed by atoms with van der Waals surface area (Å²) < 4.78 is 50.8. The molecular formula is C30H25F2N5O5. The minimum Gasteiger partial charge on any atom is -0.493 e. The quantitative estimate of drug-likeness (QED) is 0.237. The lowest BCUT2D eigenvalue weighted by Crippen LogP contribution is -2.17. The molecule has 1 amide bonds. The molecule has 0 aliphatic carbocycles. The highest BCUT2D eigenvalue weighted by Gasteiger charge is 2.24. The van der Waals surface area contributed by atoms with Gasteiger partial charge in [0.1, 0.15) is 22.6 Å². The normalized spacial score (nSPS) is 10.8. The molecule has 3 heterocycles. The van der Waals surface area contributed by atoms with Crippen LogP contribution in [-0.4, -0.2) is 47.4 Å². The molecule has 0 fully saturated rings. The number of anilines is 1. The zero-order valence-corrected chi connectivity index (χ0v) is 23.3. The Bertz CT molecular complexity index is 1830. The topological polar surface area (TPSA) is 118 Å². The van der Waals surface area contributed by atoms with E-state index < -0.39 is 17.5 Å². The zero-order chi connectivity index (χ0) is 30.0. The molecule has 0 atom stereocenters. The maximum Gasteiger partial charge on any atom is 0.261 e. The summed E-state index contributed by atoms with van der Waals surface area (Å²) in [6.45, 7) is 3.31. The van der Waals surface area contributed by atoms with Gasteiger partial charge in [-0.25, -0.2) is 13.8 Å². The average Bonchev–Trinajstić information content (AvgIpc) is 2.97. The molecule has 5 aromatic rings. The summed E-state index contributed by atoms with van der Waals surface area (Å²) in [6, 6.07) is 11.3. The van der Waals surface area contributed by atoms with Gasteiger partial charge >= 0.3 is 0 Å². The van der Waals surface area contributed by atoms with Gasteiger partial charge in [0.25, 0.3) is 11.8 Å². The fraction of sp³-hybridized carbons (Fsp3) is 0.167. The van der Waals surface area contributed by atoms with E-state index in [0.717, 1.165) is 6.07 Å². The van der Waals surface area contributed by atoms with Crippen LogP contribution < -0.4 is 24.3 Å². The molecule has 5 rings (SSSR count). The smallest absolute Gasteiger partial charge is 0.261 e. The van der Waals surface area contributed by atoms with Crippen molar-refractivity contribution in [1.82, 2.24) is 20.2 Å². The fourth-order valence-electron chi connectivity index (χ4n) is 4.40. The molecule has 2 aromatic carbocycles. The van der Waals surface area contributed by atoms with E-state index in [-0.39, 0.29) is 45.8 Å². The van der Waals surface area contributed by atoms with Gasteiger partial charge in [-0.2, -0.15) is 5.10 Å². The van der Waals surface area contributed by atoms with Crippen molar-refractivity contribution in [1.29, 1.82) is 0 Å². The molecule has 10 nitrogen and oxygen atoms in total. The highest BCUT2D eigenvalue weighted by molar-refractivity contribution is 6.08. The van der Waals surface area contributed by atoms with Crippen molar-refractivity contribution in [3.63, 3.8) is 0 Å². The summed E-state index contributed by atoms with van der Waals surface area (Å²) in [5.41, 5.74) is 2.76. The van der Waals surface area contributed by atoms with Gasteiger partial charge in [0.15, 0.2) is 28.8 Å². The second-order valence-electron chi connectivity index (χ2n) is 9.08. The number of ether oxygens (including phenoxy) is 4. The molecule has 0 saturated heterocycles. The molecule has 0 aliphatic rings. The predicted octanol–water partition coefficient (Wildman–Crippen LogP) is 6.05. The van der Waals surface area contributed by atoms with E-state index in [0.29, 0.717) is 27.9 Å². The Kier molecular flexibility index (Phi) is 7.78. The van der Waals surface area contributed by atoms with Crippen LogP contribution in [0.3, 0.4) is 0 Å². The van der Waals surface area contributed by atoms with Crippen molar-refractivity contribution in [3.8, 4) is 40.1 Å². The summed E-state index contributed by atoms with van der Waals surface area (Å²) in [6.07, 6.45) is 1.50. The molecule has 0 spiro atoms. The van der Waals surface area contributed by atoms with Crippen molar-refractivity contribution < 1.29 is 32.5 Å². The van der Waals surface area contributed by atoms with Crippen molar-refractivity contribution in [3.05, 3.63) is 83.2 Å². The zero-order valence-electron chi connectivity index (χ0n) is 23.3. The number of nitrogens with one attached hydrogen (secondary N) is 1. The van der Waals surface area contributed by atoms with Crippen LogP contribution in [0, 0.1) is 25.5 Å². The lowest BCUT2D eigenvalue weighted by atomic mass is 10.0. The number of hydrogen-bond acceptors (Lipinski definition) is 9. The maximum absolute atomic E-state index is 15.2. The molecule has 0 unspecified atom stereocenters. The van der Waals surface area contributed by atoms with E-state index in [2.05, 4.69) is 25.5 Å². The van der Waals surface area contributed by atoms with Gasteiger partial charge in [-0.3, -0.25) is 9.78 Å². The van der Waals surface area contributed by atoms with Crippen LogP contribution in [0.4, 0.5) is 14.5 Å². The van der Waals surface area contributed by atoms with Crippen LogP contribution in [0.1, 0.15) is 21.6 Å². The summed E-state index contributed by atoms with van der Waals surface area (Å²) >= 11 is 0. The Morgan fingerprint density at radius 1 is 0.857 bits per heavy atom. The van der Waals surface area contributed by atoms with Gasteiger partial charge in [0.2, 0.25) is 0 Å². The second-order valence-corrected chi connectivity index (χ2v) is 9.08. The largest absolute Gasteiger partial charge is 0.493 e. The van der Waals surface area contributed by atoms with E-state index in [1.165, 1.54) is 57.9 Å². The molecule has 0 aliphatic heterocycles. The van der Waals surface area contributed by atoms with Crippen molar-refractivity contribution in [2.45, 2.75) is 13.8 Å². The van der Waals surface area contributed by atoms with E-state index in [1.54, 1.807) is 26.0 Å². The van der Waals surface area contributed by atoms with Gasteiger partial charge in [0, 0.05) is 35.6 Å². The van der Waals surface area contributed by atoms with Crippen molar-refractivity contribution in [2.24, 2.45) is 0 Å². The fourth-order valence-corrected chi connectivity index (χ4v) is 4.40. The van der Waals surface area contributed by atoms with Crippen LogP contribution in [-0.2, 0) is 0 Å². The first-order valence-electron chi connectivity index (χ1n) is 12.6. The lowest BCUT2D eigenvalue weighted by molar-refractivity contribution is 0.102. The SMILES string of the molecule is COc1cc2nccc(Oc3ccc(NC(=O)c4c(C)nnc(-c5ccc(F)cc5C)c4OC)cc3F)c2nc1OC. The first kappa shape index (κ1) is 28.1. The Balaban J connectivity index is 1.43. The van der Waals surface area contributed by atoms with Gasteiger partial charge in [-0.05, 0) is 49.7 Å². The third-order valence-electron chi connectivity index (χ3n) is 6.41. The number of benzene rings is 2. The molecule has 0 bridgehead atoms. The second kappa shape index (κ2) is 11.6. The van der Waals surface area contributed by atoms with Crippen LogP contribution in [0.5, 0.6) is 28.9 Å². The summed E-state index contributed by atoms with van der Waals surface area (Å²) in [5, 5.41) is 11.0. The number of hydrogen-bond donors (Lipinski definition) is 1. The number of nitrogens with zero attached hydrogens (tertiary/aromatic N) is 4. The molecule has 12 heteroatoms. The Morgan fingerprint density at radius 2 is 1.67 bits per heavy atom. The van der Waals surface area contributed by atoms with Gasteiger partial charge < -0.3 is 24.3 Å². The number of pyridine rings is 2. The molecular weight excluding hydrogens is 548 g/mol. The number of carbonyl (C=O) groups excluding carboxylic acids is 1. The van der Waals surface area contributed by atoms with Crippen molar-refractivity contribution in [2.75, 3.05) is 26.6 Å². The molecule has 0 saturated carbocycles. The van der Waals surface area contributed by atoms with Gasteiger partial charge in [-0.15, -0.1) is 5.10 Å². The maximum atomic E-state index is 15.2. The van der Waals surface area contributed by atoms with E-state index in [4.69, 9.17) is 18.9 Å². The standard InChI is InChI=1S/C30H25F2N5O5/c1-15-12-17(31)6-8-19(15)26-28(40-4)25(16(2)36-37-26)29(38)34-18-7-9-22(20(32)13-18)42-23-10-11-33-21-14-24(39-3)30(41-5)35-27(21)23/h6-14H,1-5H3,(H,34,38). The van der Waals surface area contributed by atoms with Crippen LogP contribution in [0.25, 0.3) is 22.3 Å². The summed E-state index contributed by atoms with van der Waals surface area (Å²) in [7, 11) is 4.32. The average molecular weight is 574 g/mol. The first-order valence-corrected chi connectivity index (χ1v) is 12.6. The third kappa shape index (κ3) is 5.33. The minimum atomic E-state index is -0.739. The summed E-state index contributed by atoms with van der Waals surface area (Å²) in [4.78, 5) is 22.0. The highest BCUT2D eigenvalue weighted by atomic mass is 19.1. The highest BCUT2D eigenvalue weighted by Crippen LogP contribution is 2.36. The predicted molar refractivity (Wildman–Crippen MR) is 151 cm³/mol. The minimum absolute atomic E-state index is 0.102. The summed E-state index contributed by atoms with van der Waals surface area (Å²) in [5.74, 6) is -0.854. The number of aryl methyl sites for hydroxylation is 2. The van der Waals surface area contributed by atoms with E-state index in [1.807, 2.05) is 0 Å². The number of carbonyl (C=O) groups is 1. The first-order chi connectivity index (χ1) is 20.2. The Labute approximate surface area is 239 Å². The molecule has 0 radical (unpaired) electrons. The number of halogens is 2. The van der Waals surface area contributed by atoms with E-state index >= 15 is 4.39 Å². The van der Waals surface area contributed by atoms with Crippen molar-refractivity contribution >= 4 is 22.6 Å². The third-order valence-corrected chi connectivity index (χ3v) is 6.41. The van der Waals surface area contributed by atoms with Crippen LogP contribution in [0.15, 0.2) is 54.7 Å². The Morgan fingerprint density at radius 3 is 2.36 bits per heavy atom. The van der Waals surface area contributed by atoms with Gasteiger partial charge in [-0.1, -0.05) is 0 Å². The van der Waals surface area contributed by atoms with E-state index in [9.17, 15) is 9.18 Å². The molecule has 214 valence electrons. The number of amides is 1. The number of methoxy groups -OCH3 is 3. The number of rotatable bonds is 8. The number of aromatic nitrogens is 4. The number of fused-ring (bicyclic) bond motifs is 1. The molecule has 42 heavy (non-hydrogen) atoms. The monoisotopic (exact) mass is 573 g/mol. The van der Waals surface area contributed by atoms with Crippen LogP contribution in [0.2, 0.25) is 0 Å².